The van der Waals surface area contributed by atoms with E-state index < -0.39 is 61.2 Å². The maximum Gasteiger partial charge on any atom is 0.253 e. The van der Waals surface area contributed by atoms with E-state index in [1.54, 1.807) is 6.92 Å². The summed E-state index contributed by atoms with van der Waals surface area (Å²) in [5, 5.41) is 1.42. The largest absolute Gasteiger partial charge is 0.338 e. The van der Waals surface area contributed by atoms with E-state index in [0.717, 1.165) is 18.2 Å². The number of carbonyl (C=O) groups excluding carboxylic acids is 1. The fourth-order valence-electron chi connectivity index (χ4n) is 2.27. The maximum absolute atomic E-state index is 16.1. The first-order chi connectivity index (χ1) is 15.8. The van der Waals surface area contributed by atoms with Crippen LogP contribution in [0.4, 0.5) is 8.78 Å². The molecule has 2 heterocycles. The number of amides is 1. The van der Waals surface area contributed by atoms with Gasteiger partial charge < -0.3 is 10.2 Å². The van der Waals surface area contributed by atoms with Gasteiger partial charge in [0.05, 0.1) is 10.7 Å². The fourth-order valence-corrected chi connectivity index (χ4v) is 2.45. The molecule has 1 saturated heterocycles. The molecular weight excluding hydrogens is 372 g/mol. The van der Waals surface area contributed by atoms with Crippen LogP contribution in [0.3, 0.4) is 0 Å². The lowest BCUT2D eigenvalue weighted by atomic mass is 9.92. The number of pyridine rings is 1. The Morgan fingerprint density at radius 2 is 2.15 bits per heavy atom. The minimum Gasteiger partial charge on any atom is -0.338 e. The number of rotatable bonds is 5. The zero-order chi connectivity index (χ0) is 26.6. The quantitative estimate of drug-likeness (QED) is 0.826. The van der Waals surface area contributed by atoms with E-state index in [9.17, 15) is 9.18 Å². The monoisotopic (exact) mass is 401 g/mol. The van der Waals surface area contributed by atoms with Gasteiger partial charge in [-0.3, -0.25) is 9.78 Å². The molecule has 144 valence electrons. The number of likely N-dealkylation sites (tertiary alicyclic amines) is 1. The Hall–Kier alpha value is -2.05. The first kappa shape index (κ1) is 11.7. The van der Waals surface area contributed by atoms with Gasteiger partial charge in [-0.05, 0) is 36.8 Å². The highest BCUT2D eigenvalue weighted by atomic mass is 35.5. The molecule has 0 saturated carbocycles. The number of nitrogens with one attached hydrogen (secondary N) is 1. The number of nitrogens with zero attached hydrogens (tertiary/aromatic N) is 2. The summed E-state index contributed by atoms with van der Waals surface area (Å²) in [5.41, 5.74) is -3.20. The van der Waals surface area contributed by atoms with Crippen LogP contribution in [0.2, 0.25) is 5.02 Å². The number of carbonyl (C=O) groups is 1. The number of aryl methyl sites for hydroxylation is 1. The smallest absolute Gasteiger partial charge is 0.253 e. The van der Waals surface area contributed by atoms with Crippen LogP contribution in [0, 0.1) is 12.7 Å². The van der Waals surface area contributed by atoms with Crippen LogP contribution < -0.4 is 5.32 Å². The first-order valence-electron chi connectivity index (χ1n) is 12.0. The molecule has 0 bridgehead atoms. The third-order valence-electron chi connectivity index (χ3n) is 3.79. The topological polar surface area (TPSA) is 45.2 Å². The SMILES string of the molecule is [2H]C([2H])(NC([2H])([2H])C1(F)CC([2H])([2H])N(C(=O)c2ccc(F)c(Cl)c2)C([2H])([2H])C1)c1ccc(C)cn1. The molecule has 1 amide bonds. The van der Waals surface area contributed by atoms with Gasteiger partial charge in [0.1, 0.15) is 11.5 Å². The minimum atomic E-state index is -3.30. The summed E-state index contributed by atoms with van der Waals surface area (Å²) in [6, 6.07) is 5.49. The number of hydrogen-bond donors (Lipinski definition) is 1. The molecule has 0 atom stereocenters. The lowest BCUT2D eigenvalue weighted by molar-refractivity contribution is 0.0434. The average Bonchev–Trinajstić information content (AvgIpc) is 2.67. The van der Waals surface area contributed by atoms with Crippen molar-refractivity contribution in [2.24, 2.45) is 0 Å². The Labute approximate surface area is 173 Å². The summed E-state index contributed by atoms with van der Waals surface area (Å²) in [7, 11) is 0. The average molecular weight is 402 g/mol. The van der Waals surface area contributed by atoms with Crippen LogP contribution in [-0.2, 0) is 6.50 Å². The number of benzene rings is 1. The second-order valence-electron chi connectivity index (χ2n) is 6.00. The number of hydrogen-bond acceptors (Lipinski definition) is 3. The Morgan fingerprint density at radius 3 is 2.78 bits per heavy atom. The molecule has 1 fully saturated rings. The Kier molecular flexibility index (Phi) is 3.61. The van der Waals surface area contributed by atoms with E-state index in [1.165, 1.54) is 18.3 Å². The molecule has 4 nitrogen and oxygen atoms in total. The molecule has 0 radical (unpaired) electrons. The van der Waals surface area contributed by atoms with Gasteiger partial charge in [-0.1, -0.05) is 17.7 Å². The van der Waals surface area contributed by atoms with Crippen LogP contribution >= 0.6 is 11.6 Å². The highest BCUT2D eigenvalue weighted by Gasteiger charge is 2.35. The molecule has 1 aliphatic heterocycles. The molecule has 1 N–H and O–H groups in total. The zero-order valence-electron chi connectivity index (χ0n) is 22.3. The van der Waals surface area contributed by atoms with Crippen LogP contribution in [0.25, 0.3) is 0 Å². The van der Waals surface area contributed by atoms with Crippen molar-refractivity contribution in [1.29, 1.82) is 0 Å². The van der Waals surface area contributed by atoms with E-state index in [1.807, 2.05) is 5.32 Å². The molecule has 3 rings (SSSR count). The van der Waals surface area contributed by atoms with Crippen molar-refractivity contribution in [3.63, 3.8) is 0 Å². The fraction of sp³-hybridized carbons (Fsp3) is 0.400. The maximum atomic E-state index is 16.1. The Bertz CT molecular complexity index is 1120. The highest BCUT2D eigenvalue weighted by molar-refractivity contribution is 6.31. The minimum absolute atomic E-state index is 0.133. The highest BCUT2D eigenvalue weighted by Crippen LogP contribution is 2.27. The normalized spacial score (nSPS) is 25.6. The molecule has 1 aromatic carbocycles. The third kappa shape index (κ3) is 5.02. The van der Waals surface area contributed by atoms with Gasteiger partial charge in [0.25, 0.3) is 5.91 Å². The Balaban J connectivity index is 1.94. The van der Waals surface area contributed by atoms with Gasteiger partial charge in [-0.25, -0.2) is 8.78 Å². The molecule has 0 aliphatic carbocycles. The van der Waals surface area contributed by atoms with E-state index in [0.29, 0.717) is 5.56 Å². The lowest BCUT2D eigenvalue weighted by Crippen LogP contribution is -2.48. The van der Waals surface area contributed by atoms with Gasteiger partial charge in [0.15, 0.2) is 0 Å². The molecular formula is C20H22ClF2N3O. The zero-order valence-corrected chi connectivity index (χ0v) is 15.1. The summed E-state index contributed by atoms with van der Waals surface area (Å²) in [4.78, 5) is 17.0. The molecule has 27 heavy (non-hydrogen) atoms. The van der Waals surface area contributed by atoms with E-state index in [-0.39, 0.29) is 16.2 Å². The summed E-state index contributed by atoms with van der Waals surface area (Å²) in [6.45, 7) is -10.4. The van der Waals surface area contributed by atoms with Gasteiger partial charge in [0.2, 0.25) is 0 Å². The van der Waals surface area contributed by atoms with Crippen molar-refractivity contribution < 1.29 is 24.5 Å². The third-order valence-corrected chi connectivity index (χ3v) is 4.08. The van der Waals surface area contributed by atoms with Gasteiger partial charge in [0, 0.05) is 61.6 Å². The van der Waals surface area contributed by atoms with Crippen molar-refractivity contribution in [2.45, 2.75) is 31.9 Å². The summed E-state index contributed by atoms with van der Waals surface area (Å²) in [6.07, 6.45) is -1.31. The standard InChI is InChI=1S/C20H22ClF2N3O/c1-14-2-4-16(25-11-14)12-24-13-20(23)6-8-26(9-7-20)19(27)15-3-5-18(22)17(21)10-15/h2-5,10-11,24H,6-9,12-13H2,1H3/i8D2,9D2,12D2,13D2. The predicted molar refractivity (Wildman–Crippen MR) is 101 cm³/mol. The van der Waals surface area contributed by atoms with Crippen LogP contribution in [0.15, 0.2) is 36.5 Å². The van der Waals surface area contributed by atoms with E-state index in [4.69, 9.17) is 22.6 Å². The van der Waals surface area contributed by atoms with Crippen molar-refractivity contribution in [3.05, 3.63) is 64.2 Å². The Morgan fingerprint density at radius 1 is 1.41 bits per heavy atom. The van der Waals surface area contributed by atoms with Gasteiger partial charge >= 0.3 is 0 Å². The van der Waals surface area contributed by atoms with Crippen LogP contribution in [-0.4, -0.2) is 41.0 Å². The second kappa shape index (κ2) is 8.31. The van der Waals surface area contributed by atoms with Crippen LogP contribution in [0.5, 0.6) is 0 Å². The molecule has 7 heteroatoms. The van der Waals surface area contributed by atoms with Gasteiger partial charge in [-0.2, -0.15) is 0 Å². The number of alkyl halides is 1. The predicted octanol–water partition coefficient (Wildman–Crippen LogP) is 3.92. The summed E-state index contributed by atoms with van der Waals surface area (Å²) >= 11 is 5.67. The van der Waals surface area contributed by atoms with E-state index >= 15 is 4.39 Å². The number of halogens is 3. The van der Waals surface area contributed by atoms with Crippen molar-refractivity contribution in [3.8, 4) is 0 Å². The second-order valence-corrected chi connectivity index (χ2v) is 6.41. The molecule has 0 unspecified atom stereocenters. The lowest BCUT2D eigenvalue weighted by Gasteiger charge is -2.36. The summed E-state index contributed by atoms with van der Waals surface area (Å²) in [5.74, 6) is -2.09. The van der Waals surface area contributed by atoms with Crippen molar-refractivity contribution >= 4 is 17.5 Å². The van der Waals surface area contributed by atoms with E-state index in [2.05, 4.69) is 4.98 Å². The van der Waals surface area contributed by atoms with Crippen molar-refractivity contribution in [1.82, 2.24) is 15.2 Å². The van der Waals surface area contributed by atoms with Gasteiger partial charge in [-0.15, -0.1) is 0 Å². The molecule has 1 aromatic heterocycles. The molecule has 0 spiro atoms. The number of aromatic nitrogens is 1. The molecule has 1 aliphatic rings. The molecule has 2 aromatic rings. The number of piperidine rings is 1. The summed E-state index contributed by atoms with van der Waals surface area (Å²) < 4.78 is 95.3. The van der Waals surface area contributed by atoms with Crippen molar-refractivity contribution in [2.75, 3.05) is 19.5 Å². The van der Waals surface area contributed by atoms with Crippen LogP contribution in [0.1, 0.15) is 45.4 Å². The first-order valence-corrected chi connectivity index (χ1v) is 8.40.